The van der Waals surface area contributed by atoms with E-state index in [0.717, 1.165) is 44.0 Å². The molecule has 1 atom stereocenters. The average Bonchev–Trinajstić information content (AvgIpc) is 3.12. The number of hydrogen-bond acceptors (Lipinski definition) is 3. The van der Waals surface area contributed by atoms with Gasteiger partial charge in [0.15, 0.2) is 0 Å². The molecule has 0 amide bonds. The molecular formula is C23H28N4. The number of likely N-dealkylation sites (N-methyl/N-ethyl adjacent to an activating group) is 1. The molecule has 4 rings (SSSR count). The van der Waals surface area contributed by atoms with Crippen LogP contribution in [0.5, 0.6) is 0 Å². The third-order valence-corrected chi connectivity index (χ3v) is 5.43. The van der Waals surface area contributed by atoms with Gasteiger partial charge in [-0.15, -0.1) is 0 Å². The van der Waals surface area contributed by atoms with E-state index in [4.69, 9.17) is 0 Å². The smallest absolute Gasteiger partial charge is 0.0645 e. The van der Waals surface area contributed by atoms with Crippen molar-refractivity contribution in [3.8, 4) is 5.69 Å². The second-order valence-electron chi connectivity index (χ2n) is 7.64. The minimum atomic E-state index is 0.555. The van der Waals surface area contributed by atoms with Crippen LogP contribution in [0.1, 0.15) is 16.8 Å². The summed E-state index contributed by atoms with van der Waals surface area (Å²) in [5.74, 6) is 0. The van der Waals surface area contributed by atoms with Gasteiger partial charge in [-0.3, -0.25) is 4.90 Å². The molecule has 2 heterocycles. The van der Waals surface area contributed by atoms with E-state index in [1.807, 2.05) is 23.9 Å². The lowest BCUT2D eigenvalue weighted by molar-refractivity contribution is 0.0835. The zero-order valence-corrected chi connectivity index (χ0v) is 16.3. The number of rotatable bonds is 5. The van der Waals surface area contributed by atoms with Crippen molar-refractivity contribution in [1.82, 2.24) is 19.6 Å². The highest BCUT2D eigenvalue weighted by molar-refractivity contribution is 5.34. The molecule has 1 aliphatic rings. The lowest BCUT2D eigenvalue weighted by Gasteiger charge is -2.40. The third-order valence-electron chi connectivity index (χ3n) is 5.43. The average molecular weight is 361 g/mol. The fraction of sp³-hybridized carbons (Fsp3) is 0.348. The monoisotopic (exact) mass is 360 g/mol. The molecule has 1 aromatic heterocycles. The molecule has 0 spiro atoms. The maximum Gasteiger partial charge on any atom is 0.0645 e. The molecule has 1 saturated heterocycles. The molecule has 27 heavy (non-hydrogen) atoms. The lowest BCUT2D eigenvalue weighted by atomic mass is 10.0. The highest BCUT2D eigenvalue weighted by Crippen LogP contribution is 2.18. The van der Waals surface area contributed by atoms with Gasteiger partial charge in [-0.05, 0) is 49.7 Å². The Morgan fingerprint density at radius 1 is 0.926 bits per heavy atom. The van der Waals surface area contributed by atoms with Gasteiger partial charge in [0.1, 0.15) is 0 Å². The second kappa shape index (κ2) is 8.07. The summed E-state index contributed by atoms with van der Waals surface area (Å²) >= 11 is 0. The number of piperazine rings is 1. The SMILES string of the molecule is Cc1ccn(-c2ccc(CN3CCN(C)CC3Cc3ccccc3)cc2)n1. The van der Waals surface area contributed by atoms with Crippen LogP contribution in [0.25, 0.3) is 5.69 Å². The minimum absolute atomic E-state index is 0.555. The van der Waals surface area contributed by atoms with E-state index in [1.54, 1.807) is 0 Å². The van der Waals surface area contributed by atoms with Crippen LogP contribution in [0.15, 0.2) is 66.9 Å². The molecule has 0 radical (unpaired) electrons. The maximum atomic E-state index is 4.49. The minimum Gasteiger partial charge on any atom is -0.304 e. The van der Waals surface area contributed by atoms with Gasteiger partial charge in [0.05, 0.1) is 11.4 Å². The summed E-state index contributed by atoms with van der Waals surface area (Å²) < 4.78 is 1.94. The first-order valence-electron chi connectivity index (χ1n) is 9.75. The fourth-order valence-corrected chi connectivity index (χ4v) is 3.88. The van der Waals surface area contributed by atoms with Gasteiger partial charge in [-0.1, -0.05) is 42.5 Å². The summed E-state index contributed by atoms with van der Waals surface area (Å²) in [6.45, 7) is 6.40. The molecule has 4 heteroatoms. The van der Waals surface area contributed by atoms with Crippen molar-refractivity contribution >= 4 is 0 Å². The number of nitrogens with zero attached hydrogens (tertiary/aromatic N) is 4. The first kappa shape index (κ1) is 18.0. The van der Waals surface area contributed by atoms with Gasteiger partial charge in [0.25, 0.3) is 0 Å². The standard InChI is InChI=1S/C23H28N4/c1-19-12-13-27(24-19)22-10-8-21(9-11-22)17-26-15-14-25(2)18-23(26)16-20-6-4-3-5-7-20/h3-13,23H,14-18H2,1-2H3. The van der Waals surface area contributed by atoms with Crippen molar-refractivity contribution in [1.29, 1.82) is 0 Å². The highest BCUT2D eigenvalue weighted by atomic mass is 15.3. The summed E-state index contributed by atoms with van der Waals surface area (Å²) in [5, 5.41) is 4.49. The van der Waals surface area contributed by atoms with Gasteiger partial charge in [0, 0.05) is 38.4 Å². The number of hydrogen-bond donors (Lipinski definition) is 0. The Bertz CT molecular complexity index is 854. The Morgan fingerprint density at radius 2 is 1.70 bits per heavy atom. The molecule has 1 aliphatic heterocycles. The van der Waals surface area contributed by atoms with Crippen molar-refractivity contribution < 1.29 is 0 Å². The summed E-state index contributed by atoms with van der Waals surface area (Å²) in [6, 6.07) is 22.3. The first-order valence-corrected chi connectivity index (χ1v) is 9.75. The van der Waals surface area contributed by atoms with Gasteiger partial charge < -0.3 is 4.90 Å². The second-order valence-corrected chi connectivity index (χ2v) is 7.64. The molecule has 1 fully saturated rings. The molecule has 0 aliphatic carbocycles. The van der Waals surface area contributed by atoms with Crippen LogP contribution in [0.4, 0.5) is 0 Å². The van der Waals surface area contributed by atoms with E-state index in [2.05, 4.69) is 76.5 Å². The van der Waals surface area contributed by atoms with Gasteiger partial charge >= 0.3 is 0 Å². The highest BCUT2D eigenvalue weighted by Gasteiger charge is 2.25. The van der Waals surface area contributed by atoms with Crippen molar-refractivity contribution in [3.05, 3.63) is 83.7 Å². The van der Waals surface area contributed by atoms with Crippen molar-refractivity contribution in [2.75, 3.05) is 26.7 Å². The summed E-state index contributed by atoms with van der Waals surface area (Å²) in [6.07, 6.45) is 3.12. The summed E-state index contributed by atoms with van der Waals surface area (Å²) in [5.41, 5.74) is 4.95. The number of benzene rings is 2. The van der Waals surface area contributed by atoms with E-state index < -0.39 is 0 Å². The Hall–Kier alpha value is -2.43. The molecular weight excluding hydrogens is 332 g/mol. The Morgan fingerprint density at radius 3 is 2.41 bits per heavy atom. The third kappa shape index (κ3) is 4.46. The summed E-state index contributed by atoms with van der Waals surface area (Å²) in [4.78, 5) is 5.09. The van der Waals surface area contributed by atoms with Crippen LogP contribution in [-0.4, -0.2) is 52.3 Å². The topological polar surface area (TPSA) is 24.3 Å². The Labute approximate surface area is 162 Å². The van der Waals surface area contributed by atoms with Crippen LogP contribution in [-0.2, 0) is 13.0 Å². The van der Waals surface area contributed by atoms with Crippen LogP contribution >= 0.6 is 0 Å². The van der Waals surface area contributed by atoms with Gasteiger partial charge in [-0.25, -0.2) is 4.68 Å². The normalized spacial score (nSPS) is 18.7. The zero-order valence-electron chi connectivity index (χ0n) is 16.3. The van der Waals surface area contributed by atoms with E-state index >= 15 is 0 Å². The van der Waals surface area contributed by atoms with Gasteiger partial charge in [0.2, 0.25) is 0 Å². The molecule has 140 valence electrons. The molecule has 1 unspecified atom stereocenters. The predicted molar refractivity (Wildman–Crippen MR) is 110 cm³/mol. The van der Waals surface area contributed by atoms with Crippen LogP contribution < -0.4 is 0 Å². The first-order chi connectivity index (χ1) is 13.2. The molecule has 2 aromatic carbocycles. The largest absolute Gasteiger partial charge is 0.304 e. The molecule has 3 aromatic rings. The zero-order chi connectivity index (χ0) is 18.6. The molecule has 0 N–H and O–H groups in total. The van der Waals surface area contributed by atoms with Crippen LogP contribution in [0.3, 0.4) is 0 Å². The number of aryl methyl sites for hydroxylation is 1. The summed E-state index contributed by atoms with van der Waals surface area (Å²) in [7, 11) is 2.23. The molecule has 0 bridgehead atoms. The number of aromatic nitrogens is 2. The van der Waals surface area contributed by atoms with E-state index in [1.165, 1.54) is 11.1 Å². The van der Waals surface area contributed by atoms with E-state index in [0.29, 0.717) is 6.04 Å². The Balaban J connectivity index is 1.46. The lowest BCUT2D eigenvalue weighted by Crippen LogP contribution is -2.52. The van der Waals surface area contributed by atoms with E-state index in [9.17, 15) is 0 Å². The van der Waals surface area contributed by atoms with Crippen LogP contribution in [0, 0.1) is 6.92 Å². The molecule has 0 saturated carbocycles. The molecule has 4 nitrogen and oxygen atoms in total. The maximum absolute atomic E-state index is 4.49. The van der Waals surface area contributed by atoms with Crippen molar-refractivity contribution in [2.45, 2.75) is 25.9 Å². The Kier molecular flexibility index (Phi) is 5.37. The van der Waals surface area contributed by atoms with Crippen molar-refractivity contribution in [3.63, 3.8) is 0 Å². The van der Waals surface area contributed by atoms with E-state index in [-0.39, 0.29) is 0 Å². The van der Waals surface area contributed by atoms with Gasteiger partial charge in [-0.2, -0.15) is 5.10 Å². The predicted octanol–water partition coefficient (Wildman–Crippen LogP) is 3.54. The van der Waals surface area contributed by atoms with Crippen LogP contribution in [0.2, 0.25) is 0 Å². The quantitative estimate of drug-likeness (QED) is 0.696. The fourth-order valence-electron chi connectivity index (χ4n) is 3.88. The van der Waals surface area contributed by atoms with Crippen molar-refractivity contribution in [2.24, 2.45) is 0 Å².